The van der Waals surface area contributed by atoms with Gasteiger partial charge in [0.05, 0.1) is 11.5 Å². The van der Waals surface area contributed by atoms with Crippen molar-refractivity contribution in [3.63, 3.8) is 0 Å². The minimum atomic E-state index is -3.94. The third kappa shape index (κ3) is 18.1. The molecule has 86 valence electrons. The molecule has 0 radical (unpaired) electrons. The van der Waals surface area contributed by atoms with Gasteiger partial charge in [0.1, 0.15) is 0 Å². The van der Waals surface area contributed by atoms with Crippen molar-refractivity contribution in [2.75, 3.05) is 23.0 Å². The van der Waals surface area contributed by atoms with Crippen LogP contribution in [0.15, 0.2) is 0 Å². The van der Waals surface area contributed by atoms with E-state index < -0.39 is 20.2 Å². The SMILES string of the molecule is O=S(=O)(O)CCSSCCS(=O)(=O)O.[Na+]. The second-order valence-corrected chi connectivity index (χ2v) is 8.06. The van der Waals surface area contributed by atoms with E-state index >= 15 is 0 Å². The van der Waals surface area contributed by atoms with E-state index in [1.807, 2.05) is 0 Å². The summed E-state index contributed by atoms with van der Waals surface area (Å²) in [4.78, 5) is 0. The summed E-state index contributed by atoms with van der Waals surface area (Å²) in [5.41, 5.74) is 0. The fourth-order valence-corrected chi connectivity index (χ4v) is 4.79. The standard InChI is InChI=1S/C4H10O6S4.Na/c5-13(6,7)3-1-11-12-2-4-14(8,9)10;/h1-4H2,(H,5,6,7)(H,8,9,10);/q;+1. The maximum absolute atomic E-state index is 10.2. The Hall–Kier alpha value is 1.52. The smallest absolute Gasteiger partial charge is 0.286 e. The number of rotatable bonds is 7. The average molecular weight is 305 g/mol. The van der Waals surface area contributed by atoms with Crippen LogP contribution in [0.5, 0.6) is 0 Å². The summed E-state index contributed by atoms with van der Waals surface area (Å²) in [5.74, 6) is -0.378. The van der Waals surface area contributed by atoms with Crippen LogP contribution in [0.2, 0.25) is 0 Å². The van der Waals surface area contributed by atoms with Crippen molar-refractivity contribution in [3.8, 4) is 0 Å². The van der Waals surface area contributed by atoms with E-state index in [1.165, 1.54) is 0 Å². The molecule has 0 aliphatic carbocycles. The molecule has 0 fully saturated rings. The molecule has 0 aliphatic heterocycles. The second kappa shape index (κ2) is 8.59. The van der Waals surface area contributed by atoms with Gasteiger partial charge in [-0.25, -0.2) is 0 Å². The molecule has 0 heterocycles. The molecular weight excluding hydrogens is 295 g/mol. The van der Waals surface area contributed by atoms with Crippen LogP contribution in [0, 0.1) is 0 Å². The van der Waals surface area contributed by atoms with Gasteiger partial charge in [0.2, 0.25) is 0 Å². The molecule has 0 spiro atoms. The molecule has 0 aromatic rings. The zero-order valence-corrected chi connectivity index (χ0v) is 13.3. The van der Waals surface area contributed by atoms with E-state index in [-0.39, 0.29) is 52.6 Å². The van der Waals surface area contributed by atoms with E-state index in [9.17, 15) is 16.8 Å². The minimum Gasteiger partial charge on any atom is -0.286 e. The van der Waals surface area contributed by atoms with Gasteiger partial charge in [-0.05, 0) is 0 Å². The molecule has 0 saturated carbocycles. The molecule has 0 bridgehead atoms. The van der Waals surface area contributed by atoms with Crippen molar-refractivity contribution in [1.82, 2.24) is 0 Å². The summed E-state index contributed by atoms with van der Waals surface area (Å²) in [6.07, 6.45) is 0. The quantitative estimate of drug-likeness (QED) is 0.224. The maximum atomic E-state index is 10.2. The maximum Gasteiger partial charge on any atom is 1.00 e. The van der Waals surface area contributed by atoms with Gasteiger partial charge in [-0.1, -0.05) is 21.6 Å². The first-order chi connectivity index (χ1) is 6.21. The topological polar surface area (TPSA) is 109 Å². The summed E-state index contributed by atoms with van der Waals surface area (Å²) in [5, 5.41) is 0. The molecule has 0 atom stereocenters. The van der Waals surface area contributed by atoms with Gasteiger partial charge in [-0.3, -0.25) is 9.11 Å². The molecular formula is C4H10NaO6S4+. The molecule has 0 aromatic heterocycles. The van der Waals surface area contributed by atoms with Crippen LogP contribution < -0.4 is 29.6 Å². The predicted octanol–water partition coefficient (Wildman–Crippen LogP) is -2.85. The van der Waals surface area contributed by atoms with Crippen molar-refractivity contribution >= 4 is 41.8 Å². The molecule has 6 nitrogen and oxygen atoms in total. The Labute approximate surface area is 119 Å². The van der Waals surface area contributed by atoms with Crippen molar-refractivity contribution in [2.45, 2.75) is 0 Å². The van der Waals surface area contributed by atoms with Gasteiger partial charge in [-0.15, -0.1) is 0 Å². The predicted molar refractivity (Wildman–Crippen MR) is 57.7 cm³/mol. The van der Waals surface area contributed by atoms with Crippen molar-refractivity contribution in [2.24, 2.45) is 0 Å². The van der Waals surface area contributed by atoms with Crippen LogP contribution in [-0.2, 0) is 20.2 Å². The van der Waals surface area contributed by atoms with Gasteiger partial charge in [0.15, 0.2) is 0 Å². The Morgan fingerprint density at radius 2 is 1.07 bits per heavy atom. The van der Waals surface area contributed by atoms with Crippen LogP contribution in [-0.4, -0.2) is 49.0 Å². The summed E-state index contributed by atoms with van der Waals surface area (Å²) >= 11 is 0. The van der Waals surface area contributed by atoms with E-state index in [2.05, 4.69) is 0 Å². The number of hydrogen-bond acceptors (Lipinski definition) is 6. The molecule has 0 aliphatic rings. The summed E-state index contributed by atoms with van der Waals surface area (Å²) in [6.45, 7) is 0. The van der Waals surface area contributed by atoms with Gasteiger partial charge < -0.3 is 0 Å². The molecule has 15 heavy (non-hydrogen) atoms. The van der Waals surface area contributed by atoms with Gasteiger partial charge in [0, 0.05) is 11.5 Å². The van der Waals surface area contributed by atoms with E-state index in [0.717, 1.165) is 21.6 Å². The van der Waals surface area contributed by atoms with E-state index in [0.29, 0.717) is 0 Å². The Morgan fingerprint density at radius 3 is 1.27 bits per heavy atom. The first-order valence-corrected chi connectivity index (χ1v) is 9.06. The zero-order chi connectivity index (χ0) is 11.2. The summed E-state index contributed by atoms with van der Waals surface area (Å²) < 4.78 is 57.5. The van der Waals surface area contributed by atoms with Crippen molar-refractivity contribution in [3.05, 3.63) is 0 Å². The number of hydrogen-bond donors (Lipinski definition) is 2. The molecule has 0 unspecified atom stereocenters. The zero-order valence-electron chi connectivity index (χ0n) is 7.99. The summed E-state index contributed by atoms with van der Waals surface area (Å²) in [7, 11) is -5.64. The Balaban J connectivity index is 0. The molecule has 0 aromatic carbocycles. The van der Waals surface area contributed by atoms with Crippen molar-refractivity contribution in [1.29, 1.82) is 0 Å². The van der Waals surface area contributed by atoms with E-state index in [1.54, 1.807) is 0 Å². The first kappa shape index (κ1) is 18.9. The van der Waals surface area contributed by atoms with Gasteiger partial charge in [0.25, 0.3) is 20.2 Å². The van der Waals surface area contributed by atoms with Crippen LogP contribution in [0.25, 0.3) is 0 Å². The van der Waals surface area contributed by atoms with Crippen LogP contribution in [0.1, 0.15) is 0 Å². The minimum absolute atomic E-state index is 0. The van der Waals surface area contributed by atoms with Crippen molar-refractivity contribution < 1.29 is 55.5 Å². The van der Waals surface area contributed by atoms with E-state index in [4.69, 9.17) is 9.11 Å². The van der Waals surface area contributed by atoms with Gasteiger partial charge >= 0.3 is 29.6 Å². The average Bonchev–Trinajstić information content (AvgIpc) is 1.92. The summed E-state index contributed by atoms with van der Waals surface area (Å²) in [6, 6.07) is 0. The molecule has 0 amide bonds. The van der Waals surface area contributed by atoms with Crippen LogP contribution in [0.4, 0.5) is 0 Å². The van der Waals surface area contributed by atoms with Gasteiger partial charge in [-0.2, -0.15) is 16.8 Å². The fraction of sp³-hybridized carbons (Fsp3) is 1.00. The van der Waals surface area contributed by atoms with Crippen LogP contribution >= 0.6 is 21.6 Å². The first-order valence-electron chi connectivity index (χ1n) is 3.35. The molecule has 11 heteroatoms. The third-order valence-corrected chi connectivity index (χ3v) is 5.30. The largest absolute Gasteiger partial charge is 1.00 e. The molecule has 0 rings (SSSR count). The Morgan fingerprint density at radius 1 is 0.800 bits per heavy atom. The third-order valence-electron chi connectivity index (χ3n) is 0.933. The Kier molecular flexibility index (Phi) is 10.8. The fourth-order valence-electron chi connectivity index (χ4n) is 0.397. The second-order valence-electron chi connectivity index (χ2n) is 2.22. The van der Waals surface area contributed by atoms with Crippen LogP contribution in [0.3, 0.4) is 0 Å². The Bertz CT molecular complexity index is 311. The normalized spacial score (nSPS) is 12.1. The molecule has 0 saturated heterocycles. The molecule has 2 N–H and O–H groups in total. The monoisotopic (exact) mass is 305 g/mol.